The second-order valence-electron chi connectivity index (χ2n) is 9.04. The van der Waals surface area contributed by atoms with Crippen LogP contribution >= 0.6 is 0 Å². The van der Waals surface area contributed by atoms with Crippen molar-refractivity contribution in [2.45, 2.75) is 53.9 Å². The molecular weight excluding hydrogens is 204 g/mol. The minimum absolute atomic E-state index is 0.707. The number of hydrogen-bond donors (Lipinski definition) is 0. The highest BCUT2D eigenvalue weighted by atomic mass is 15.0. The van der Waals surface area contributed by atoms with Gasteiger partial charge < -0.3 is 0 Å². The molecule has 0 N–H and O–H groups in total. The molecule has 5 rings (SSSR count). The van der Waals surface area contributed by atoms with E-state index in [2.05, 4.69) is 34.6 Å². The summed E-state index contributed by atoms with van der Waals surface area (Å²) >= 11 is 0. The molecular formula is C17H26. The predicted octanol–water partition coefficient (Wildman–Crippen LogP) is 4.35. The lowest BCUT2D eigenvalue weighted by Crippen LogP contribution is -2.96. The Hall–Kier alpha value is 0. The van der Waals surface area contributed by atoms with Gasteiger partial charge in [0.1, 0.15) is 0 Å². The predicted molar refractivity (Wildman–Crippen MR) is 69.4 cm³/mol. The Bertz CT molecular complexity index is 453. The third kappa shape index (κ3) is 0.502. The molecule has 0 aromatic rings. The Morgan fingerprint density at radius 2 is 1.53 bits per heavy atom. The van der Waals surface area contributed by atoms with Crippen LogP contribution < -0.4 is 0 Å². The lowest BCUT2D eigenvalue weighted by Gasteiger charge is -3.00. The Morgan fingerprint density at radius 3 is 2.06 bits per heavy atom. The molecule has 0 aromatic heterocycles. The molecule has 0 aromatic carbocycles. The van der Waals surface area contributed by atoms with Gasteiger partial charge in [0.05, 0.1) is 0 Å². The molecule has 5 aliphatic carbocycles. The first-order chi connectivity index (χ1) is 7.85. The van der Waals surface area contributed by atoms with E-state index in [1.165, 1.54) is 6.42 Å². The minimum atomic E-state index is 0.707. The van der Waals surface area contributed by atoms with Crippen LogP contribution in [0.5, 0.6) is 0 Å². The van der Waals surface area contributed by atoms with Crippen molar-refractivity contribution >= 4 is 0 Å². The van der Waals surface area contributed by atoms with Gasteiger partial charge in [-0.2, -0.15) is 0 Å². The Kier molecular flexibility index (Phi) is 1.18. The topological polar surface area (TPSA) is 0 Å². The highest BCUT2D eigenvalue weighted by Gasteiger charge is 2.96. The summed E-state index contributed by atoms with van der Waals surface area (Å²) in [6.45, 7) is 13.1. The van der Waals surface area contributed by atoms with Crippen molar-refractivity contribution in [3.05, 3.63) is 0 Å². The summed E-state index contributed by atoms with van der Waals surface area (Å²) in [6.07, 6.45) is 4.64. The van der Waals surface area contributed by atoms with Crippen molar-refractivity contribution in [3.63, 3.8) is 0 Å². The van der Waals surface area contributed by atoms with Crippen LogP contribution in [0.15, 0.2) is 0 Å². The fourth-order valence-corrected chi connectivity index (χ4v) is 8.78. The van der Waals surface area contributed by atoms with Gasteiger partial charge in [0, 0.05) is 0 Å². The summed E-state index contributed by atoms with van der Waals surface area (Å²) in [6, 6.07) is 0. The molecule has 5 saturated carbocycles. The normalized spacial score (nSPS) is 82.1. The molecule has 0 radical (unpaired) electrons. The van der Waals surface area contributed by atoms with Gasteiger partial charge in [-0.25, -0.2) is 0 Å². The van der Waals surface area contributed by atoms with Gasteiger partial charge in [-0.05, 0) is 70.5 Å². The van der Waals surface area contributed by atoms with Crippen LogP contribution in [0, 0.1) is 51.2 Å². The summed E-state index contributed by atoms with van der Waals surface area (Å²) in [7, 11) is 0. The SMILES string of the molecule is CC1CC2C3C4C5CCC5(C)C4(C)C3(C)C12C. The van der Waals surface area contributed by atoms with Gasteiger partial charge in [0.25, 0.3) is 0 Å². The van der Waals surface area contributed by atoms with Crippen molar-refractivity contribution in [2.24, 2.45) is 51.2 Å². The summed E-state index contributed by atoms with van der Waals surface area (Å²) in [5, 5.41) is 0. The van der Waals surface area contributed by atoms with Gasteiger partial charge in [-0.3, -0.25) is 0 Å². The van der Waals surface area contributed by atoms with Crippen LogP contribution in [0.1, 0.15) is 53.9 Å². The van der Waals surface area contributed by atoms with Gasteiger partial charge in [-0.1, -0.05) is 34.6 Å². The number of hydrogen-bond acceptors (Lipinski definition) is 0. The Balaban J connectivity index is 1.65. The van der Waals surface area contributed by atoms with Crippen LogP contribution in [-0.4, -0.2) is 0 Å². The molecule has 9 atom stereocenters. The van der Waals surface area contributed by atoms with Crippen LogP contribution in [0.25, 0.3) is 0 Å². The van der Waals surface area contributed by atoms with E-state index in [0.717, 1.165) is 35.0 Å². The summed E-state index contributed by atoms with van der Waals surface area (Å²) < 4.78 is 0. The zero-order valence-corrected chi connectivity index (χ0v) is 12.0. The molecule has 0 heteroatoms. The Labute approximate surface area is 106 Å². The fourth-order valence-electron chi connectivity index (χ4n) is 8.78. The van der Waals surface area contributed by atoms with E-state index >= 15 is 0 Å². The monoisotopic (exact) mass is 230 g/mol. The lowest BCUT2D eigenvalue weighted by atomic mass is 9.04. The summed E-state index contributed by atoms with van der Waals surface area (Å²) in [5.41, 5.74) is 2.88. The zero-order valence-electron chi connectivity index (χ0n) is 12.0. The van der Waals surface area contributed by atoms with Gasteiger partial charge in [0.2, 0.25) is 0 Å². The second-order valence-corrected chi connectivity index (χ2v) is 9.04. The van der Waals surface area contributed by atoms with Gasteiger partial charge in [-0.15, -0.1) is 0 Å². The van der Waals surface area contributed by atoms with Crippen LogP contribution in [-0.2, 0) is 0 Å². The van der Waals surface area contributed by atoms with Crippen molar-refractivity contribution < 1.29 is 0 Å². The molecule has 0 bridgehead atoms. The largest absolute Gasteiger partial charge is 0.0619 e. The zero-order chi connectivity index (χ0) is 12.0. The molecule has 0 spiro atoms. The van der Waals surface area contributed by atoms with Crippen LogP contribution in [0.4, 0.5) is 0 Å². The first kappa shape index (κ1) is 9.87. The third-order valence-corrected chi connectivity index (χ3v) is 10.2. The Morgan fingerprint density at radius 1 is 0.882 bits per heavy atom. The average molecular weight is 230 g/mol. The standard InChI is InChI=1S/C17H26/c1-9-8-11-13-12-10-6-7-14(10,2)16(12,4)17(13,5)15(9,11)3/h9-13H,6-8H2,1-5H3. The second kappa shape index (κ2) is 2.04. The van der Waals surface area contributed by atoms with Crippen LogP contribution in [0.3, 0.4) is 0 Å². The highest BCUT2D eigenvalue weighted by Crippen LogP contribution is 3.00. The van der Waals surface area contributed by atoms with Crippen LogP contribution in [0.2, 0.25) is 0 Å². The molecule has 9 unspecified atom stereocenters. The molecule has 0 saturated heterocycles. The van der Waals surface area contributed by atoms with E-state index in [4.69, 9.17) is 0 Å². The van der Waals surface area contributed by atoms with E-state index in [9.17, 15) is 0 Å². The summed E-state index contributed by atoms with van der Waals surface area (Å²) in [4.78, 5) is 0. The minimum Gasteiger partial charge on any atom is -0.0619 e. The highest BCUT2D eigenvalue weighted by molar-refractivity contribution is 5.43. The van der Waals surface area contributed by atoms with Gasteiger partial charge >= 0.3 is 0 Å². The van der Waals surface area contributed by atoms with Crippen molar-refractivity contribution in [3.8, 4) is 0 Å². The number of rotatable bonds is 0. The van der Waals surface area contributed by atoms with E-state index in [1.807, 2.05) is 0 Å². The van der Waals surface area contributed by atoms with E-state index < -0.39 is 0 Å². The molecule has 0 aliphatic heterocycles. The number of fused-ring (bicyclic) bond motifs is 10. The lowest BCUT2D eigenvalue weighted by molar-refractivity contribution is -0.532. The smallest absolute Gasteiger partial charge is 0.0171 e. The van der Waals surface area contributed by atoms with Crippen molar-refractivity contribution in [1.82, 2.24) is 0 Å². The summed E-state index contributed by atoms with van der Waals surface area (Å²) in [5.74, 6) is 5.51. The quantitative estimate of drug-likeness (QED) is 0.543. The molecule has 94 valence electrons. The molecule has 5 aliphatic rings. The average Bonchev–Trinajstić information content (AvgIpc) is 2.31. The molecule has 0 amide bonds. The molecule has 17 heavy (non-hydrogen) atoms. The molecule has 0 nitrogen and oxygen atoms in total. The van der Waals surface area contributed by atoms with Gasteiger partial charge in [0.15, 0.2) is 0 Å². The first-order valence-electron chi connectivity index (χ1n) is 7.85. The maximum Gasteiger partial charge on any atom is -0.0171 e. The molecule has 0 heterocycles. The van der Waals surface area contributed by atoms with E-state index in [0.29, 0.717) is 16.2 Å². The van der Waals surface area contributed by atoms with E-state index in [1.54, 1.807) is 12.8 Å². The first-order valence-corrected chi connectivity index (χ1v) is 7.85. The third-order valence-electron chi connectivity index (χ3n) is 10.2. The van der Waals surface area contributed by atoms with Crippen molar-refractivity contribution in [2.75, 3.05) is 0 Å². The maximum atomic E-state index is 2.68. The van der Waals surface area contributed by atoms with Crippen molar-refractivity contribution in [1.29, 1.82) is 0 Å². The fraction of sp³-hybridized carbons (Fsp3) is 1.00. The van der Waals surface area contributed by atoms with E-state index in [-0.39, 0.29) is 0 Å². The maximum absolute atomic E-state index is 2.68. The molecule has 5 fully saturated rings.